The Bertz CT molecular complexity index is 659. The fraction of sp³-hybridized carbons (Fsp3) is 0.176. The second kappa shape index (κ2) is 8.43. The normalized spacial score (nSPS) is 9.78. The summed E-state index contributed by atoms with van der Waals surface area (Å²) in [6.45, 7) is -0.210. The molecule has 0 aliphatic carbocycles. The van der Waals surface area contributed by atoms with E-state index in [4.69, 9.17) is 9.47 Å². The van der Waals surface area contributed by atoms with Crippen molar-refractivity contribution in [3.63, 3.8) is 0 Å². The summed E-state index contributed by atoms with van der Waals surface area (Å²) in [5, 5.41) is 0. The lowest BCUT2D eigenvalue weighted by atomic mass is 10.1. The van der Waals surface area contributed by atoms with Crippen LogP contribution >= 0.6 is 0 Å². The lowest BCUT2D eigenvalue weighted by molar-refractivity contribution is -0.129. The molecular formula is C17H18N2O4. The molecule has 2 amide bonds. The summed E-state index contributed by atoms with van der Waals surface area (Å²) < 4.78 is 10.4. The molecule has 0 aromatic heterocycles. The van der Waals surface area contributed by atoms with E-state index in [0.29, 0.717) is 11.5 Å². The topological polar surface area (TPSA) is 76.7 Å². The molecule has 6 nitrogen and oxygen atoms in total. The number of methoxy groups -OCH3 is 1. The van der Waals surface area contributed by atoms with Crippen LogP contribution < -0.4 is 20.3 Å². The summed E-state index contributed by atoms with van der Waals surface area (Å²) in [5.74, 6) is 0.398. The molecule has 0 bridgehead atoms. The van der Waals surface area contributed by atoms with E-state index >= 15 is 0 Å². The molecule has 6 heteroatoms. The Kier molecular flexibility index (Phi) is 5.99. The largest absolute Gasteiger partial charge is 0.497 e. The number of ether oxygens (including phenoxy) is 2. The summed E-state index contributed by atoms with van der Waals surface area (Å²) in [6.07, 6.45) is 0.192. The molecular weight excluding hydrogens is 296 g/mol. The van der Waals surface area contributed by atoms with Crippen molar-refractivity contribution in [2.75, 3.05) is 13.7 Å². The van der Waals surface area contributed by atoms with Crippen LogP contribution in [0.2, 0.25) is 0 Å². The molecule has 0 aliphatic rings. The van der Waals surface area contributed by atoms with Crippen molar-refractivity contribution in [3.05, 3.63) is 60.2 Å². The van der Waals surface area contributed by atoms with Crippen molar-refractivity contribution in [1.82, 2.24) is 10.9 Å². The summed E-state index contributed by atoms with van der Waals surface area (Å²) >= 11 is 0. The molecule has 2 N–H and O–H groups in total. The maximum Gasteiger partial charge on any atom is 0.276 e. The van der Waals surface area contributed by atoms with Gasteiger partial charge in [0.25, 0.3) is 5.91 Å². The first kappa shape index (κ1) is 16.4. The lowest BCUT2D eigenvalue weighted by Crippen LogP contribution is -2.44. The van der Waals surface area contributed by atoms with Gasteiger partial charge in [0.2, 0.25) is 5.91 Å². The molecule has 0 unspecified atom stereocenters. The van der Waals surface area contributed by atoms with Gasteiger partial charge in [-0.15, -0.1) is 0 Å². The van der Waals surface area contributed by atoms with Gasteiger partial charge in [-0.05, 0) is 17.7 Å². The van der Waals surface area contributed by atoms with E-state index in [0.717, 1.165) is 5.56 Å². The number of carbonyl (C=O) groups excluding carboxylic acids is 2. The van der Waals surface area contributed by atoms with Crippen molar-refractivity contribution < 1.29 is 19.1 Å². The smallest absolute Gasteiger partial charge is 0.276 e. The average molecular weight is 314 g/mol. The summed E-state index contributed by atoms with van der Waals surface area (Å²) in [7, 11) is 1.55. The van der Waals surface area contributed by atoms with Crippen LogP contribution in [0.25, 0.3) is 0 Å². The Hall–Kier alpha value is -3.02. The van der Waals surface area contributed by atoms with Gasteiger partial charge in [-0.3, -0.25) is 20.4 Å². The standard InChI is InChI=1S/C17H18N2O4/c1-22-14-8-5-9-15(11-14)23-12-17(21)19-18-16(20)10-13-6-3-2-4-7-13/h2-9,11H,10,12H2,1H3,(H,18,20)(H,19,21). The fourth-order valence-electron chi connectivity index (χ4n) is 1.84. The van der Waals surface area contributed by atoms with E-state index in [1.165, 1.54) is 0 Å². The quantitative estimate of drug-likeness (QED) is 0.792. The zero-order valence-electron chi connectivity index (χ0n) is 12.7. The van der Waals surface area contributed by atoms with E-state index in [9.17, 15) is 9.59 Å². The first-order valence-corrected chi connectivity index (χ1v) is 7.06. The van der Waals surface area contributed by atoms with Crippen LogP contribution in [0.4, 0.5) is 0 Å². The molecule has 0 heterocycles. The Morgan fingerprint density at radius 2 is 1.61 bits per heavy atom. The van der Waals surface area contributed by atoms with E-state index in [-0.39, 0.29) is 18.9 Å². The maximum absolute atomic E-state index is 11.7. The molecule has 2 aromatic rings. The van der Waals surface area contributed by atoms with Crippen LogP contribution in [0.1, 0.15) is 5.56 Å². The highest BCUT2D eigenvalue weighted by atomic mass is 16.5. The number of rotatable bonds is 6. The van der Waals surface area contributed by atoms with Crippen molar-refractivity contribution in [3.8, 4) is 11.5 Å². The van der Waals surface area contributed by atoms with Gasteiger partial charge >= 0.3 is 0 Å². The SMILES string of the molecule is COc1cccc(OCC(=O)NNC(=O)Cc2ccccc2)c1. The highest BCUT2D eigenvalue weighted by Gasteiger charge is 2.06. The third kappa shape index (κ3) is 5.70. The van der Waals surface area contributed by atoms with Crippen LogP contribution in [-0.4, -0.2) is 25.5 Å². The molecule has 2 aromatic carbocycles. The summed E-state index contributed by atoms with van der Waals surface area (Å²) in [6, 6.07) is 16.2. The van der Waals surface area contributed by atoms with Gasteiger partial charge in [0.15, 0.2) is 6.61 Å². The maximum atomic E-state index is 11.7. The van der Waals surface area contributed by atoms with Crippen molar-refractivity contribution in [2.24, 2.45) is 0 Å². The van der Waals surface area contributed by atoms with Crippen LogP contribution in [0.15, 0.2) is 54.6 Å². The van der Waals surface area contributed by atoms with Gasteiger partial charge in [0.05, 0.1) is 13.5 Å². The van der Waals surface area contributed by atoms with Crippen molar-refractivity contribution in [1.29, 1.82) is 0 Å². The Morgan fingerprint density at radius 3 is 2.35 bits per heavy atom. The van der Waals surface area contributed by atoms with Crippen LogP contribution in [0.5, 0.6) is 11.5 Å². The zero-order valence-corrected chi connectivity index (χ0v) is 12.7. The Balaban J connectivity index is 1.71. The van der Waals surface area contributed by atoms with E-state index in [1.54, 1.807) is 31.4 Å². The lowest BCUT2D eigenvalue weighted by Gasteiger charge is -2.09. The fourth-order valence-corrected chi connectivity index (χ4v) is 1.84. The van der Waals surface area contributed by atoms with Gasteiger partial charge in [-0.25, -0.2) is 0 Å². The number of carbonyl (C=O) groups is 2. The highest BCUT2D eigenvalue weighted by Crippen LogP contribution is 2.18. The van der Waals surface area contributed by atoms with Gasteiger partial charge in [-0.1, -0.05) is 36.4 Å². The number of amides is 2. The van der Waals surface area contributed by atoms with Gasteiger partial charge in [0.1, 0.15) is 11.5 Å². The molecule has 0 spiro atoms. The Morgan fingerprint density at radius 1 is 0.913 bits per heavy atom. The molecule has 0 atom stereocenters. The molecule has 0 aliphatic heterocycles. The summed E-state index contributed by atoms with van der Waals surface area (Å²) in [5.41, 5.74) is 5.52. The van der Waals surface area contributed by atoms with Crippen LogP contribution in [0.3, 0.4) is 0 Å². The average Bonchev–Trinajstić information content (AvgIpc) is 2.59. The zero-order chi connectivity index (χ0) is 16.5. The van der Waals surface area contributed by atoms with Gasteiger partial charge in [-0.2, -0.15) is 0 Å². The first-order chi connectivity index (χ1) is 11.2. The van der Waals surface area contributed by atoms with E-state index in [1.807, 2.05) is 30.3 Å². The molecule has 23 heavy (non-hydrogen) atoms. The molecule has 0 fully saturated rings. The van der Waals surface area contributed by atoms with E-state index < -0.39 is 5.91 Å². The number of hydrogen-bond acceptors (Lipinski definition) is 4. The monoisotopic (exact) mass is 314 g/mol. The van der Waals surface area contributed by atoms with Crippen molar-refractivity contribution in [2.45, 2.75) is 6.42 Å². The van der Waals surface area contributed by atoms with Gasteiger partial charge < -0.3 is 9.47 Å². The minimum absolute atomic E-state index is 0.192. The van der Waals surface area contributed by atoms with Crippen molar-refractivity contribution >= 4 is 11.8 Å². The second-order valence-electron chi connectivity index (χ2n) is 4.73. The molecule has 2 rings (SSSR count). The predicted octanol–water partition coefficient (Wildman–Crippen LogP) is 1.46. The van der Waals surface area contributed by atoms with Crippen LogP contribution in [-0.2, 0) is 16.0 Å². The third-order valence-electron chi connectivity index (χ3n) is 2.96. The highest BCUT2D eigenvalue weighted by molar-refractivity contribution is 5.83. The summed E-state index contributed by atoms with van der Waals surface area (Å²) in [4.78, 5) is 23.3. The Labute approximate surface area is 134 Å². The molecule has 0 saturated carbocycles. The number of nitrogens with one attached hydrogen (secondary N) is 2. The molecule has 0 radical (unpaired) electrons. The molecule has 0 saturated heterocycles. The van der Waals surface area contributed by atoms with E-state index in [2.05, 4.69) is 10.9 Å². The van der Waals surface area contributed by atoms with Crippen LogP contribution in [0, 0.1) is 0 Å². The number of benzene rings is 2. The predicted molar refractivity (Wildman–Crippen MR) is 84.9 cm³/mol. The minimum atomic E-state index is -0.450. The minimum Gasteiger partial charge on any atom is -0.497 e. The number of hydrogen-bond donors (Lipinski definition) is 2. The number of hydrazine groups is 1. The van der Waals surface area contributed by atoms with Gasteiger partial charge in [0, 0.05) is 6.07 Å². The third-order valence-corrected chi connectivity index (χ3v) is 2.96. The first-order valence-electron chi connectivity index (χ1n) is 7.06. The molecule has 120 valence electrons. The second-order valence-corrected chi connectivity index (χ2v) is 4.73.